The van der Waals surface area contributed by atoms with Gasteiger partial charge in [-0.25, -0.2) is 4.79 Å². The van der Waals surface area contributed by atoms with Crippen molar-refractivity contribution in [2.45, 2.75) is 46.1 Å². The Hall–Kier alpha value is -1.07. The van der Waals surface area contributed by atoms with Gasteiger partial charge in [0, 0.05) is 4.88 Å². The van der Waals surface area contributed by atoms with Crippen molar-refractivity contribution in [1.82, 2.24) is 0 Å². The molecule has 0 atom stereocenters. The van der Waals surface area contributed by atoms with E-state index >= 15 is 0 Å². The largest absolute Gasteiger partial charge is 0.489 e. The number of rotatable bonds is 6. The molecule has 0 fully saturated rings. The first-order valence-electron chi connectivity index (χ1n) is 6.34. The van der Waals surface area contributed by atoms with Crippen molar-refractivity contribution < 1.29 is 19.4 Å². The lowest BCUT2D eigenvalue weighted by Crippen LogP contribution is -2.12. The van der Waals surface area contributed by atoms with E-state index in [-0.39, 0.29) is 16.4 Å². The maximum atomic E-state index is 11.2. The van der Waals surface area contributed by atoms with Crippen molar-refractivity contribution in [1.29, 1.82) is 0 Å². The highest BCUT2D eigenvalue weighted by Gasteiger charge is 2.23. The van der Waals surface area contributed by atoms with E-state index in [1.807, 2.05) is 19.9 Å². The highest BCUT2D eigenvalue weighted by molar-refractivity contribution is 7.14. The summed E-state index contributed by atoms with van der Waals surface area (Å²) < 4.78 is 10.9. The van der Waals surface area contributed by atoms with E-state index in [1.54, 1.807) is 0 Å². The van der Waals surface area contributed by atoms with Gasteiger partial charge in [-0.2, -0.15) is 0 Å². The topological polar surface area (TPSA) is 55.8 Å². The summed E-state index contributed by atoms with van der Waals surface area (Å²) >= 11 is 1.27. The summed E-state index contributed by atoms with van der Waals surface area (Å²) in [6, 6.07) is 1.82. The molecule has 5 heteroatoms. The molecule has 0 spiro atoms. The fourth-order valence-corrected chi connectivity index (χ4v) is 2.43. The monoisotopic (exact) mass is 286 g/mol. The molecule has 19 heavy (non-hydrogen) atoms. The van der Waals surface area contributed by atoms with Crippen molar-refractivity contribution in [3.8, 4) is 5.75 Å². The van der Waals surface area contributed by atoms with E-state index in [1.165, 1.54) is 11.3 Å². The van der Waals surface area contributed by atoms with Crippen LogP contribution in [0.2, 0.25) is 0 Å². The van der Waals surface area contributed by atoms with E-state index in [4.69, 9.17) is 9.47 Å². The van der Waals surface area contributed by atoms with Crippen LogP contribution in [0.15, 0.2) is 6.07 Å². The van der Waals surface area contributed by atoms with E-state index in [9.17, 15) is 9.90 Å². The Morgan fingerprint density at radius 1 is 1.37 bits per heavy atom. The summed E-state index contributed by atoms with van der Waals surface area (Å²) in [6.07, 6.45) is 0.148. The minimum absolute atomic E-state index is 0.0785. The van der Waals surface area contributed by atoms with E-state index in [2.05, 4.69) is 20.8 Å². The van der Waals surface area contributed by atoms with Crippen LogP contribution < -0.4 is 4.74 Å². The Labute approximate surface area is 118 Å². The van der Waals surface area contributed by atoms with Gasteiger partial charge in [0.25, 0.3) is 0 Å². The molecule has 0 unspecified atom stereocenters. The molecule has 0 radical (unpaired) electrons. The van der Waals surface area contributed by atoms with Gasteiger partial charge < -0.3 is 14.6 Å². The third kappa shape index (κ3) is 4.84. The summed E-state index contributed by atoms with van der Waals surface area (Å²) in [6.45, 7) is 10.9. The van der Waals surface area contributed by atoms with Crippen LogP contribution in [-0.4, -0.2) is 30.4 Å². The minimum atomic E-state index is -0.944. The molecule has 1 heterocycles. The Morgan fingerprint density at radius 2 is 2.00 bits per heavy atom. The van der Waals surface area contributed by atoms with Crippen molar-refractivity contribution in [2.75, 3.05) is 13.2 Å². The van der Waals surface area contributed by atoms with E-state index in [0.29, 0.717) is 19.0 Å². The predicted molar refractivity (Wildman–Crippen MR) is 76.6 cm³/mol. The van der Waals surface area contributed by atoms with Crippen LogP contribution in [0.5, 0.6) is 5.75 Å². The SMILES string of the molecule is CC(C)OCCOc1cc(C(C)(C)C)sc1C(=O)O. The van der Waals surface area contributed by atoms with Crippen LogP contribution in [0.4, 0.5) is 0 Å². The second-order valence-corrected chi connectivity index (χ2v) is 6.68. The number of hydrogen-bond donors (Lipinski definition) is 1. The van der Waals surface area contributed by atoms with Gasteiger partial charge in [0.15, 0.2) is 4.88 Å². The first-order chi connectivity index (χ1) is 8.71. The average molecular weight is 286 g/mol. The van der Waals surface area contributed by atoms with Crippen LogP contribution in [0.25, 0.3) is 0 Å². The molecule has 0 amide bonds. The third-order valence-corrected chi connectivity index (χ3v) is 3.95. The van der Waals surface area contributed by atoms with E-state index < -0.39 is 5.97 Å². The molecule has 1 aromatic heterocycles. The van der Waals surface area contributed by atoms with Crippen molar-refractivity contribution >= 4 is 17.3 Å². The zero-order valence-corrected chi connectivity index (χ0v) is 13.0. The second kappa shape index (κ2) is 6.39. The maximum Gasteiger partial charge on any atom is 0.349 e. The quantitative estimate of drug-likeness (QED) is 0.813. The van der Waals surface area contributed by atoms with Crippen LogP contribution in [0, 0.1) is 0 Å². The lowest BCUT2D eigenvalue weighted by atomic mass is 9.95. The number of carboxylic acid groups (broad SMARTS) is 1. The molecule has 0 aliphatic carbocycles. The van der Waals surface area contributed by atoms with Gasteiger partial charge in [0.05, 0.1) is 12.7 Å². The molecule has 0 saturated heterocycles. The molecule has 0 aliphatic rings. The summed E-state index contributed by atoms with van der Waals surface area (Å²) in [4.78, 5) is 12.5. The Morgan fingerprint density at radius 3 is 2.47 bits per heavy atom. The van der Waals surface area contributed by atoms with Crippen LogP contribution in [-0.2, 0) is 10.2 Å². The molecule has 1 aromatic rings. The Kier molecular flexibility index (Phi) is 5.38. The lowest BCUT2D eigenvalue weighted by molar-refractivity contribution is 0.0541. The van der Waals surface area contributed by atoms with Gasteiger partial charge in [0.2, 0.25) is 0 Å². The molecule has 1 rings (SSSR count). The average Bonchev–Trinajstić information content (AvgIpc) is 2.67. The highest BCUT2D eigenvalue weighted by Crippen LogP contribution is 2.36. The smallest absolute Gasteiger partial charge is 0.349 e. The predicted octanol–water partition coefficient (Wildman–Crippen LogP) is 3.55. The van der Waals surface area contributed by atoms with Gasteiger partial charge >= 0.3 is 5.97 Å². The Balaban J connectivity index is 2.76. The molecule has 108 valence electrons. The Bertz CT molecular complexity index is 429. The summed E-state index contributed by atoms with van der Waals surface area (Å²) in [7, 11) is 0. The number of aromatic carboxylic acids is 1. The number of ether oxygens (including phenoxy) is 2. The molecule has 0 bridgehead atoms. The van der Waals surface area contributed by atoms with Gasteiger partial charge in [-0.3, -0.25) is 0 Å². The number of carboxylic acids is 1. The zero-order chi connectivity index (χ0) is 14.6. The molecular formula is C14H22O4S. The molecule has 1 N–H and O–H groups in total. The van der Waals surface area contributed by atoms with Crippen LogP contribution in [0.3, 0.4) is 0 Å². The lowest BCUT2D eigenvalue weighted by Gasteiger charge is -2.15. The van der Waals surface area contributed by atoms with Crippen LogP contribution in [0.1, 0.15) is 49.2 Å². The number of hydrogen-bond acceptors (Lipinski definition) is 4. The minimum Gasteiger partial charge on any atom is -0.489 e. The zero-order valence-electron chi connectivity index (χ0n) is 12.1. The fourth-order valence-electron chi connectivity index (χ4n) is 1.44. The van der Waals surface area contributed by atoms with Crippen molar-refractivity contribution in [3.63, 3.8) is 0 Å². The number of thiophene rings is 1. The third-order valence-electron chi connectivity index (χ3n) is 2.42. The van der Waals surface area contributed by atoms with E-state index in [0.717, 1.165) is 4.88 Å². The van der Waals surface area contributed by atoms with Gasteiger partial charge in [-0.1, -0.05) is 20.8 Å². The fraction of sp³-hybridized carbons (Fsp3) is 0.643. The first-order valence-corrected chi connectivity index (χ1v) is 7.15. The highest BCUT2D eigenvalue weighted by atomic mass is 32.1. The molecule has 0 saturated carbocycles. The molecule has 4 nitrogen and oxygen atoms in total. The normalized spacial score (nSPS) is 11.9. The molecule has 0 aliphatic heterocycles. The summed E-state index contributed by atoms with van der Waals surface area (Å²) in [5, 5.41) is 9.19. The molecule has 0 aromatic carbocycles. The van der Waals surface area contributed by atoms with Crippen molar-refractivity contribution in [3.05, 3.63) is 15.8 Å². The first kappa shape index (κ1) is 16.0. The number of carbonyl (C=O) groups is 1. The van der Waals surface area contributed by atoms with Gasteiger partial charge in [-0.15, -0.1) is 11.3 Å². The second-order valence-electron chi connectivity index (χ2n) is 5.63. The maximum absolute atomic E-state index is 11.2. The van der Waals surface area contributed by atoms with Gasteiger partial charge in [0.1, 0.15) is 12.4 Å². The molecular weight excluding hydrogens is 264 g/mol. The van der Waals surface area contributed by atoms with Gasteiger partial charge in [-0.05, 0) is 25.3 Å². The summed E-state index contributed by atoms with van der Waals surface area (Å²) in [5.74, 6) is -0.505. The standard InChI is InChI=1S/C14H22O4S/c1-9(2)17-6-7-18-10-8-11(14(3,4)5)19-12(10)13(15)16/h8-9H,6-7H2,1-5H3,(H,15,16). The summed E-state index contributed by atoms with van der Waals surface area (Å²) in [5.41, 5.74) is -0.0785. The van der Waals surface area contributed by atoms with Crippen LogP contribution >= 0.6 is 11.3 Å². The van der Waals surface area contributed by atoms with Crippen molar-refractivity contribution in [2.24, 2.45) is 0 Å².